The molecule has 0 radical (unpaired) electrons. The zero-order valence-electron chi connectivity index (χ0n) is 11.7. The van der Waals surface area contributed by atoms with Gasteiger partial charge in [-0.25, -0.2) is 13.2 Å². The molecule has 0 saturated heterocycles. The molecule has 0 spiro atoms. The van der Waals surface area contributed by atoms with E-state index >= 15 is 0 Å². The number of rotatable bonds is 6. The average molecular weight is 289 g/mol. The molecule has 1 atom stereocenters. The Kier molecular flexibility index (Phi) is 6.01. The van der Waals surface area contributed by atoms with Crippen LogP contribution in [0.25, 0.3) is 0 Å². The van der Waals surface area contributed by atoms with Gasteiger partial charge in [-0.05, 0) is 25.0 Å². The Morgan fingerprint density at radius 1 is 1.25 bits per heavy atom. The third kappa shape index (κ3) is 4.23. The van der Waals surface area contributed by atoms with Crippen LogP contribution in [0, 0.1) is 23.4 Å². The number of carbonyl (C=O) groups excluding carboxylic acids is 1. The smallest absolute Gasteiger partial charge is 0.251 e. The molecule has 0 fully saturated rings. The maximum absolute atomic E-state index is 13.1. The summed E-state index contributed by atoms with van der Waals surface area (Å²) < 4.78 is 44.2. The Hall–Kier alpha value is -1.56. The monoisotopic (exact) mass is 289 g/mol. The highest BCUT2D eigenvalue weighted by Gasteiger charge is 2.20. The summed E-state index contributed by atoms with van der Waals surface area (Å²) >= 11 is 0. The van der Waals surface area contributed by atoms with E-state index in [1.165, 1.54) is 0 Å². The second kappa shape index (κ2) is 7.28. The molecule has 0 bridgehead atoms. The van der Waals surface area contributed by atoms with Crippen LogP contribution in [-0.4, -0.2) is 25.2 Å². The van der Waals surface area contributed by atoms with Crippen LogP contribution in [0.4, 0.5) is 13.2 Å². The lowest BCUT2D eigenvalue weighted by atomic mass is 10.0. The quantitative estimate of drug-likeness (QED) is 0.818. The fourth-order valence-corrected chi connectivity index (χ4v) is 1.58. The van der Waals surface area contributed by atoms with Crippen LogP contribution >= 0.6 is 0 Å². The maximum atomic E-state index is 13.1. The van der Waals surface area contributed by atoms with Gasteiger partial charge in [0.15, 0.2) is 17.5 Å². The Bertz CT molecular complexity index is 454. The molecule has 3 nitrogen and oxygen atoms in total. The summed E-state index contributed by atoms with van der Waals surface area (Å²) in [4.78, 5) is 11.9. The molecule has 0 saturated carbocycles. The molecule has 1 aromatic carbocycles. The molecule has 1 aromatic rings. The molecule has 0 heterocycles. The van der Waals surface area contributed by atoms with E-state index in [-0.39, 0.29) is 17.5 Å². The summed E-state index contributed by atoms with van der Waals surface area (Å²) in [6, 6.07) is 1.05. The highest BCUT2D eigenvalue weighted by molar-refractivity contribution is 5.94. The third-order valence-corrected chi connectivity index (χ3v) is 2.87. The third-order valence-electron chi connectivity index (χ3n) is 2.87. The lowest BCUT2D eigenvalue weighted by Crippen LogP contribution is -2.42. The Morgan fingerprint density at radius 3 is 2.25 bits per heavy atom. The van der Waals surface area contributed by atoms with E-state index in [1.807, 2.05) is 20.8 Å². The summed E-state index contributed by atoms with van der Waals surface area (Å²) in [7, 11) is 0. The van der Waals surface area contributed by atoms with Crippen molar-refractivity contribution in [2.75, 3.05) is 13.2 Å². The second-order valence-corrected chi connectivity index (χ2v) is 4.74. The number of amides is 1. The van der Waals surface area contributed by atoms with Gasteiger partial charge in [0.2, 0.25) is 0 Å². The van der Waals surface area contributed by atoms with Gasteiger partial charge in [-0.2, -0.15) is 0 Å². The van der Waals surface area contributed by atoms with Crippen LogP contribution in [0.2, 0.25) is 0 Å². The summed E-state index contributed by atoms with van der Waals surface area (Å²) in [6.45, 7) is 6.39. The molecule has 1 unspecified atom stereocenters. The first kappa shape index (κ1) is 16.5. The van der Waals surface area contributed by atoms with E-state index in [0.717, 1.165) is 0 Å². The first-order valence-electron chi connectivity index (χ1n) is 6.40. The van der Waals surface area contributed by atoms with Crippen LogP contribution in [0.1, 0.15) is 31.1 Å². The molecule has 20 heavy (non-hydrogen) atoms. The number of hydrogen-bond donors (Lipinski definition) is 1. The number of nitrogens with one attached hydrogen (secondary N) is 1. The van der Waals surface area contributed by atoms with Crippen LogP contribution < -0.4 is 5.32 Å². The van der Waals surface area contributed by atoms with Crippen molar-refractivity contribution in [1.29, 1.82) is 0 Å². The van der Waals surface area contributed by atoms with E-state index in [9.17, 15) is 18.0 Å². The summed E-state index contributed by atoms with van der Waals surface area (Å²) in [5.41, 5.74) is -0.261. The zero-order chi connectivity index (χ0) is 15.3. The number of benzene rings is 1. The van der Waals surface area contributed by atoms with Crippen LogP contribution in [0.5, 0.6) is 0 Å². The lowest BCUT2D eigenvalue weighted by Gasteiger charge is -2.22. The minimum atomic E-state index is -1.59. The van der Waals surface area contributed by atoms with E-state index < -0.39 is 23.4 Å². The van der Waals surface area contributed by atoms with E-state index in [1.54, 1.807) is 0 Å². The van der Waals surface area contributed by atoms with Crippen molar-refractivity contribution in [2.45, 2.75) is 26.8 Å². The highest BCUT2D eigenvalue weighted by Crippen LogP contribution is 2.14. The molecule has 6 heteroatoms. The number of halogens is 3. The molecule has 0 aliphatic heterocycles. The minimum absolute atomic E-state index is 0.0839. The summed E-state index contributed by atoms with van der Waals surface area (Å²) in [5.74, 6) is -4.94. The highest BCUT2D eigenvalue weighted by atomic mass is 19.2. The van der Waals surface area contributed by atoms with E-state index in [2.05, 4.69) is 5.32 Å². The molecule has 1 amide bonds. The number of ether oxygens (including phenoxy) is 1. The molecular weight excluding hydrogens is 271 g/mol. The fraction of sp³-hybridized carbons (Fsp3) is 0.500. The van der Waals surface area contributed by atoms with Gasteiger partial charge in [-0.3, -0.25) is 4.79 Å². The maximum Gasteiger partial charge on any atom is 0.251 e. The number of hydrogen-bond acceptors (Lipinski definition) is 2. The van der Waals surface area contributed by atoms with Gasteiger partial charge >= 0.3 is 0 Å². The van der Waals surface area contributed by atoms with Crippen molar-refractivity contribution in [3.05, 3.63) is 35.1 Å². The molecule has 1 rings (SSSR count). The normalized spacial score (nSPS) is 12.6. The van der Waals surface area contributed by atoms with Gasteiger partial charge in [-0.15, -0.1) is 0 Å². The van der Waals surface area contributed by atoms with Gasteiger partial charge in [-0.1, -0.05) is 13.8 Å². The van der Waals surface area contributed by atoms with Crippen LogP contribution in [0.3, 0.4) is 0 Å². The fourth-order valence-electron chi connectivity index (χ4n) is 1.58. The summed E-state index contributed by atoms with van der Waals surface area (Å²) in [6.07, 6.45) is 0. The van der Waals surface area contributed by atoms with E-state index in [4.69, 9.17) is 4.74 Å². The SMILES string of the molecule is CCOCC(NC(=O)c1cc(F)c(F)c(F)c1)C(C)C. The largest absolute Gasteiger partial charge is 0.380 e. The lowest BCUT2D eigenvalue weighted by molar-refractivity contribution is 0.0805. The predicted octanol–water partition coefficient (Wildman–Crippen LogP) is 2.89. The first-order valence-corrected chi connectivity index (χ1v) is 6.40. The van der Waals surface area contributed by atoms with Gasteiger partial charge in [0.05, 0.1) is 12.6 Å². The molecule has 112 valence electrons. The van der Waals surface area contributed by atoms with Gasteiger partial charge in [0.25, 0.3) is 5.91 Å². The Labute approximate surface area is 116 Å². The number of carbonyl (C=O) groups is 1. The molecule has 0 aromatic heterocycles. The topological polar surface area (TPSA) is 38.3 Å². The zero-order valence-corrected chi connectivity index (χ0v) is 11.7. The molecule has 1 N–H and O–H groups in total. The van der Waals surface area contributed by atoms with Crippen molar-refractivity contribution < 1.29 is 22.7 Å². The van der Waals surface area contributed by atoms with Crippen molar-refractivity contribution >= 4 is 5.91 Å². The van der Waals surface area contributed by atoms with Crippen molar-refractivity contribution in [3.63, 3.8) is 0 Å². The van der Waals surface area contributed by atoms with E-state index in [0.29, 0.717) is 25.3 Å². The van der Waals surface area contributed by atoms with Gasteiger partial charge in [0.1, 0.15) is 0 Å². The average Bonchev–Trinajstić information content (AvgIpc) is 2.39. The molecule has 0 aliphatic rings. The van der Waals surface area contributed by atoms with Crippen LogP contribution in [-0.2, 0) is 4.74 Å². The van der Waals surface area contributed by atoms with Gasteiger partial charge in [0, 0.05) is 12.2 Å². The Morgan fingerprint density at radius 2 is 1.80 bits per heavy atom. The predicted molar refractivity (Wildman–Crippen MR) is 68.9 cm³/mol. The van der Waals surface area contributed by atoms with Gasteiger partial charge < -0.3 is 10.1 Å². The second-order valence-electron chi connectivity index (χ2n) is 4.74. The standard InChI is InChI=1S/C14H18F3NO2/c1-4-20-7-12(8(2)3)18-14(19)9-5-10(15)13(17)11(16)6-9/h5-6,8,12H,4,7H2,1-3H3,(H,18,19). The van der Waals surface area contributed by atoms with Crippen LogP contribution in [0.15, 0.2) is 12.1 Å². The van der Waals surface area contributed by atoms with Crippen molar-refractivity contribution in [2.24, 2.45) is 5.92 Å². The van der Waals surface area contributed by atoms with Crippen molar-refractivity contribution in [3.8, 4) is 0 Å². The minimum Gasteiger partial charge on any atom is -0.380 e. The van der Waals surface area contributed by atoms with Crippen molar-refractivity contribution in [1.82, 2.24) is 5.32 Å². The first-order chi connectivity index (χ1) is 9.36. The summed E-state index contributed by atoms with van der Waals surface area (Å²) in [5, 5.41) is 2.62. The molecule has 0 aliphatic carbocycles. The Balaban J connectivity index is 2.83. The molecular formula is C14H18F3NO2.